The van der Waals surface area contributed by atoms with Crippen molar-refractivity contribution in [3.05, 3.63) is 23.8 Å². The van der Waals surface area contributed by atoms with Gasteiger partial charge in [0.2, 0.25) is 0 Å². The molecular weight excluding hydrogens is 256 g/mol. The summed E-state index contributed by atoms with van der Waals surface area (Å²) in [4.78, 5) is 14.1. The maximum atomic E-state index is 12.2. The molecule has 0 spiro atoms. The van der Waals surface area contributed by atoms with Crippen LogP contribution < -0.4 is 15.2 Å². The number of methoxy groups -OCH3 is 1. The smallest absolute Gasteiger partial charge is 0.263 e. The van der Waals surface area contributed by atoms with Crippen LogP contribution in [-0.2, 0) is 11.3 Å². The number of amides is 1. The summed E-state index contributed by atoms with van der Waals surface area (Å²) in [7, 11) is 1.58. The van der Waals surface area contributed by atoms with E-state index in [1.54, 1.807) is 20.1 Å². The lowest BCUT2D eigenvalue weighted by molar-refractivity contribution is -0.136. The van der Waals surface area contributed by atoms with E-state index in [4.69, 9.17) is 15.2 Å². The number of benzene rings is 1. The molecule has 0 aromatic heterocycles. The molecule has 0 aliphatic carbocycles. The van der Waals surface area contributed by atoms with Gasteiger partial charge in [0.05, 0.1) is 7.11 Å². The standard InChI is InChI=1S/C15H22N2O3/c1-11(15(18)17-7-3-4-8-17)20-13-6-5-12(10-16)9-14(13)19-2/h5-6,9,11H,3-4,7-8,10,16H2,1-2H3. The van der Waals surface area contributed by atoms with E-state index in [1.165, 1.54) is 0 Å². The summed E-state index contributed by atoms with van der Waals surface area (Å²) in [6.45, 7) is 3.88. The molecule has 2 rings (SSSR count). The van der Waals surface area contributed by atoms with Gasteiger partial charge in [-0.3, -0.25) is 4.79 Å². The minimum atomic E-state index is -0.509. The fraction of sp³-hybridized carbons (Fsp3) is 0.533. The predicted molar refractivity (Wildman–Crippen MR) is 76.8 cm³/mol. The van der Waals surface area contributed by atoms with Crippen molar-refractivity contribution in [2.45, 2.75) is 32.4 Å². The third kappa shape index (κ3) is 3.22. The third-order valence-electron chi connectivity index (χ3n) is 3.53. The van der Waals surface area contributed by atoms with Crippen molar-refractivity contribution < 1.29 is 14.3 Å². The van der Waals surface area contributed by atoms with E-state index in [0.29, 0.717) is 18.0 Å². The lowest BCUT2D eigenvalue weighted by Crippen LogP contribution is -2.38. The van der Waals surface area contributed by atoms with Gasteiger partial charge in [0.1, 0.15) is 0 Å². The summed E-state index contributed by atoms with van der Waals surface area (Å²) in [6, 6.07) is 5.52. The highest BCUT2D eigenvalue weighted by atomic mass is 16.5. The van der Waals surface area contributed by atoms with Crippen LogP contribution in [0.4, 0.5) is 0 Å². The van der Waals surface area contributed by atoms with Crippen molar-refractivity contribution in [2.75, 3.05) is 20.2 Å². The molecule has 20 heavy (non-hydrogen) atoms. The Morgan fingerprint density at radius 2 is 2.05 bits per heavy atom. The summed E-state index contributed by atoms with van der Waals surface area (Å²) >= 11 is 0. The van der Waals surface area contributed by atoms with E-state index in [0.717, 1.165) is 31.5 Å². The van der Waals surface area contributed by atoms with E-state index in [9.17, 15) is 4.79 Å². The number of carbonyl (C=O) groups is 1. The molecule has 2 N–H and O–H groups in total. The Hall–Kier alpha value is -1.75. The van der Waals surface area contributed by atoms with Crippen LogP contribution >= 0.6 is 0 Å². The Morgan fingerprint density at radius 3 is 2.65 bits per heavy atom. The zero-order valence-electron chi connectivity index (χ0n) is 12.1. The van der Waals surface area contributed by atoms with Crippen molar-refractivity contribution in [1.82, 2.24) is 4.90 Å². The Balaban J connectivity index is 2.06. The maximum absolute atomic E-state index is 12.2. The van der Waals surface area contributed by atoms with Gasteiger partial charge in [0.15, 0.2) is 17.6 Å². The van der Waals surface area contributed by atoms with Crippen molar-refractivity contribution in [3.63, 3.8) is 0 Å². The van der Waals surface area contributed by atoms with Crippen LogP contribution in [0.1, 0.15) is 25.3 Å². The summed E-state index contributed by atoms with van der Waals surface area (Å²) in [5.74, 6) is 1.21. The largest absolute Gasteiger partial charge is 0.493 e. The molecule has 1 aromatic rings. The first-order valence-corrected chi connectivity index (χ1v) is 6.98. The molecule has 1 aromatic carbocycles. The highest BCUT2D eigenvalue weighted by Gasteiger charge is 2.25. The second kappa shape index (κ2) is 6.61. The molecule has 0 bridgehead atoms. The minimum absolute atomic E-state index is 0.0347. The zero-order chi connectivity index (χ0) is 14.5. The van der Waals surface area contributed by atoms with Crippen molar-refractivity contribution in [1.29, 1.82) is 0 Å². The highest BCUT2D eigenvalue weighted by molar-refractivity contribution is 5.81. The van der Waals surface area contributed by atoms with Gasteiger partial charge in [-0.05, 0) is 37.5 Å². The summed E-state index contributed by atoms with van der Waals surface area (Å²) in [5, 5.41) is 0. The van der Waals surface area contributed by atoms with E-state index in [2.05, 4.69) is 0 Å². The van der Waals surface area contributed by atoms with Crippen LogP contribution in [0, 0.1) is 0 Å². The molecule has 110 valence electrons. The second-order valence-corrected chi connectivity index (χ2v) is 4.98. The number of carbonyl (C=O) groups excluding carboxylic acids is 1. The summed E-state index contributed by atoms with van der Waals surface area (Å²) < 4.78 is 11.0. The Kier molecular flexibility index (Phi) is 4.84. The molecule has 1 unspecified atom stereocenters. The Morgan fingerprint density at radius 1 is 1.35 bits per heavy atom. The topological polar surface area (TPSA) is 64.8 Å². The number of nitrogens with zero attached hydrogens (tertiary/aromatic N) is 1. The van der Waals surface area contributed by atoms with Crippen LogP contribution in [0.5, 0.6) is 11.5 Å². The molecular formula is C15H22N2O3. The molecule has 5 nitrogen and oxygen atoms in total. The molecule has 1 heterocycles. The zero-order valence-corrected chi connectivity index (χ0v) is 12.1. The van der Waals surface area contributed by atoms with Crippen molar-refractivity contribution in [3.8, 4) is 11.5 Å². The molecule has 1 atom stereocenters. The normalized spacial score (nSPS) is 16.1. The Bertz CT molecular complexity index is 470. The lowest BCUT2D eigenvalue weighted by Gasteiger charge is -2.22. The van der Waals surface area contributed by atoms with Gasteiger partial charge < -0.3 is 20.1 Å². The lowest BCUT2D eigenvalue weighted by atomic mass is 10.2. The maximum Gasteiger partial charge on any atom is 0.263 e. The first-order valence-electron chi connectivity index (χ1n) is 6.98. The van der Waals surface area contributed by atoms with E-state index >= 15 is 0 Å². The van der Waals surface area contributed by atoms with Gasteiger partial charge in [0.25, 0.3) is 5.91 Å². The molecule has 0 saturated carbocycles. The van der Waals surface area contributed by atoms with Gasteiger partial charge in [0, 0.05) is 19.6 Å². The van der Waals surface area contributed by atoms with Crippen LogP contribution in [0.25, 0.3) is 0 Å². The second-order valence-electron chi connectivity index (χ2n) is 4.98. The molecule has 1 aliphatic rings. The average molecular weight is 278 g/mol. The third-order valence-corrected chi connectivity index (χ3v) is 3.53. The SMILES string of the molecule is COc1cc(CN)ccc1OC(C)C(=O)N1CCCC1. The van der Waals surface area contributed by atoms with Crippen LogP contribution in [0.3, 0.4) is 0 Å². The van der Waals surface area contributed by atoms with Crippen LogP contribution in [-0.4, -0.2) is 37.1 Å². The predicted octanol–water partition coefficient (Wildman–Crippen LogP) is 1.54. The first kappa shape index (κ1) is 14.7. The van der Waals surface area contributed by atoms with Crippen LogP contribution in [0.15, 0.2) is 18.2 Å². The van der Waals surface area contributed by atoms with Crippen molar-refractivity contribution >= 4 is 5.91 Å². The van der Waals surface area contributed by atoms with Crippen molar-refractivity contribution in [2.24, 2.45) is 5.73 Å². The number of rotatable bonds is 5. The number of ether oxygens (including phenoxy) is 2. The minimum Gasteiger partial charge on any atom is -0.493 e. The summed E-state index contributed by atoms with van der Waals surface area (Å²) in [5.41, 5.74) is 6.56. The molecule has 1 aliphatic heterocycles. The van der Waals surface area contributed by atoms with E-state index < -0.39 is 6.10 Å². The first-order chi connectivity index (χ1) is 9.65. The molecule has 1 fully saturated rings. The number of nitrogens with two attached hydrogens (primary N) is 1. The van der Waals surface area contributed by atoms with Gasteiger partial charge >= 0.3 is 0 Å². The number of hydrogen-bond acceptors (Lipinski definition) is 4. The van der Waals surface area contributed by atoms with Gasteiger partial charge in [-0.2, -0.15) is 0 Å². The van der Waals surface area contributed by atoms with Gasteiger partial charge in [-0.25, -0.2) is 0 Å². The summed E-state index contributed by atoms with van der Waals surface area (Å²) in [6.07, 6.45) is 1.64. The number of hydrogen-bond donors (Lipinski definition) is 1. The monoisotopic (exact) mass is 278 g/mol. The fourth-order valence-corrected chi connectivity index (χ4v) is 2.37. The van der Waals surface area contributed by atoms with Crippen LogP contribution in [0.2, 0.25) is 0 Å². The quantitative estimate of drug-likeness (QED) is 0.887. The fourth-order valence-electron chi connectivity index (χ4n) is 2.37. The average Bonchev–Trinajstić information content (AvgIpc) is 3.00. The van der Waals surface area contributed by atoms with Gasteiger partial charge in [-0.1, -0.05) is 6.07 Å². The van der Waals surface area contributed by atoms with Gasteiger partial charge in [-0.15, -0.1) is 0 Å². The van der Waals surface area contributed by atoms with E-state index in [1.807, 2.05) is 17.0 Å². The molecule has 1 saturated heterocycles. The number of likely N-dealkylation sites (tertiary alicyclic amines) is 1. The molecule has 0 radical (unpaired) electrons. The Labute approximate surface area is 119 Å². The molecule has 5 heteroatoms. The van der Waals surface area contributed by atoms with E-state index in [-0.39, 0.29) is 5.91 Å². The highest BCUT2D eigenvalue weighted by Crippen LogP contribution is 2.29. The molecule has 1 amide bonds.